The Morgan fingerprint density at radius 2 is 2.00 bits per heavy atom. The summed E-state index contributed by atoms with van der Waals surface area (Å²) in [4.78, 5) is 3.93. The van der Waals surface area contributed by atoms with Crippen molar-refractivity contribution in [3.8, 4) is 5.69 Å². The van der Waals surface area contributed by atoms with E-state index in [-0.39, 0.29) is 0 Å². The van der Waals surface area contributed by atoms with Crippen LogP contribution in [-0.2, 0) is 0 Å². The van der Waals surface area contributed by atoms with E-state index in [1.165, 1.54) is 12.7 Å². The van der Waals surface area contributed by atoms with Gasteiger partial charge in [0.1, 0.15) is 12.7 Å². The maximum absolute atomic E-state index is 4.09. The molecule has 4 nitrogen and oxygen atoms in total. The summed E-state index contributed by atoms with van der Waals surface area (Å²) in [7, 11) is 0. The lowest BCUT2D eigenvalue weighted by Gasteiger charge is -2.09. The minimum atomic E-state index is 0.733. The molecule has 0 aliphatic carbocycles. The summed E-state index contributed by atoms with van der Waals surface area (Å²) in [5, 5.41) is 7.49. The first-order valence-corrected chi connectivity index (χ1v) is 5.94. The Labute approximate surface area is 102 Å². The first kappa shape index (κ1) is 11.6. The van der Waals surface area contributed by atoms with E-state index in [4.69, 9.17) is 0 Å². The molecule has 1 heterocycles. The fourth-order valence-electron chi connectivity index (χ4n) is 1.58. The zero-order valence-corrected chi connectivity index (χ0v) is 10.3. The topological polar surface area (TPSA) is 42.7 Å². The van der Waals surface area contributed by atoms with Crippen LogP contribution in [0.15, 0.2) is 36.9 Å². The van der Waals surface area contributed by atoms with E-state index in [1.54, 1.807) is 11.0 Å². The molecule has 0 unspecified atom stereocenters. The van der Waals surface area contributed by atoms with Crippen molar-refractivity contribution in [1.29, 1.82) is 0 Å². The van der Waals surface area contributed by atoms with Crippen molar-refractivity contribution in [1.82, 2.24) is 14.8 Å². The zero-order valence-electron chi connectivity index (χ0n) is 10.3. The van der Waals surface area contributed by atoms with Gasteiger partial charge in [-0.2, -0.15) is 5.10 Å². The van der Waals surface area contributed by atoms with Gasteiger partial charge in [0.2, 0.25) is 0 Å². The largest absolute Gasteiger partial charge is 0.385 e. The van der Waals surface area contributed by atoms with Crippen LogP contribution in [0.3, 0.4) is 0 Å². The molecule has 1 aromatic carbocycles. The van der Waals surface area contributed by atoms with Gasteiger partial charge < -0.3 is 5.32 Å². The molecule has 1 aromatic heterocycles. The van der Waals surface area contributed by atoms with E-state index in [0.717, 1.165) is 23.8 Å². The fourth-order valence-corrected chi connectivity index (χ4v) is 1.58. The molecular weight excluding hydrogens is 212 g/mol. The Kier molecular flexibility index (Phi) is 3.75. The highest BCUT2D eigenvalue weighted by atomic mass is 15.3. The van der Waals surface area contributed by atoms with Crippen molar-refractivity contribution >= 4 is 5.69 Å². The molecule has 0 radical (unpaired) electrons. The van der Waals surface area contributed by atoms with Crippen molar-refractivity contribution in [3.05, 3.63) is 36.9 Å². The number of nitrogens with one attached hydrogen (secondary N) is 1. The first-order chi connectivity index (χ1) is 8.25. The van der Waals surface area contributed by atoms with Crippen molar-refractivity contribution in [2.24, 2.45) is 5.92 Å². The molecule has 17 heavy (non-hydrogen) atoms. The SMILES string of the molecule is CC(C)CCNc1ccc(-n2cncn2)cc1. The molecule has 0 aliphatic rings. The fraction of sp³-hybridized carbons (Fsp3) is 0.385. The van der Waals surface area contributed by atoms with Gasteiger partial charge in [-0.3, -0.25) is 0 Å². The van der Waals surface area contributed by atoms with Crippen molar-refractivity contribution in [2.45, 2.75) is 20.3 Å². The number of hydrogen-bond donors (Lipinski definition) is 1. The van der Waals surface area contributed by atoms with Crippen LogP contribution in [0.2, 0.25) is 0 Å². The lowest BCUT2D eigenvalue weighted by molar-refractivity contribution is 0.607. The highest BCUT2D eigenvalue weighted by Crippen LogP contribution is 2.12. The highest BCUT2D eigenvalue weighted by molar-refractivity contribution is 5.48. The third kappa shape index (κ3) is 3.31. The van der Waals surface area contributed by atoms with Crippen molar-refractivity contribution < 1.29 is 0 Å². The molecular formula is C13H18N4. The zero-order chi connectivity index (χ0) is 12.1. The molecule has 0 spiro atoms. The van der Waals surface area contributed by atoms with Gasteiger partial charge in [0.25, 0.3) is 0 Å². The van der Waals surface area contributed by atoms with Crippen LogP contribution in [0.4, 0.5) is 5.69 Å². The van der Waals surface area contributed by atoms with Gasteiger partial charge in [0, 0.05) is 12.2 Å². The standard InChI is InChI=1S/C13H18N4/c1-11(2)7-8-15-12-3-5-13(6-4-12)17-10-14-9-16-17/h3-6,9-11,15H,7-8H2,1-2H3. The molecule has 0 atom stereocenters. The van der Waals surface area contributed by atoms with Crippen LogP contribution in [-0.4, -0.2) is 21.3 Å². The van der Waals surface area contributed by atoms with E-state index >= 15 is 0 Å². The average molecular weight is 230 g/mol. The Morgan fingerprint density at radius 1 is 1.24 bits per heavy atom. The lowest BCUT2D eigenvalue weighted by Crippen LogP contribution is -2.04. The third-order valence-electron chi connectivity index (χ3n) is 2.60. The predicted molar refractivity (Wildman–Crippen MR) is 69.3 cm³/mol. The molecule has 1 N–H and O–H groups in total. The smallest absolute Gasteiger partial charge is 0.138 e. The number of aromatic nitrogens is 3. The van der Waals surface area contributed by atoms with Crippen molar-refractivity contribution in [3.63, 3.8) is 0 Å². The normalized spacial score (nSPS) is 10.8. The lowest BCUT2D eigenvalue weighted by atomic mass is 10.1. The number of hydrogen-bond acceptors (Lipinski definition) is 3. The van der Waals surface area contributed by atoms with Gasteiger partial charge in [-0.1, -0.05) is 13.8 Å². The van der Waals surface area contributed by atoms with Crippen LogP contribution in [0, 0.1) is 5.92 Å². The van der Waals surface area contributed by atoms with Gasteiger partial charge in [-0.05, 0) is 36.6 Å². The van der Waals surface area contributed by atoms with E-state index in [9.17, 15) is 0 Å². The van der Waals surface area contributed by atoms with Crippen LogP contribution in [0.5, 0.6) is 0 Å². The summed E-state index contributed by atoms with van der Waals surface area (Å²) in [6.45, 7) is 5.48. The molecule has 0 amide bonds. The second-order valence-corrected chi connectivity index (χ2v) is 4.50. The van der Waals surface area contributed by atoms with Crippen LogP contribution < -0.4 is 5.32 Å². The molecule has 0 saturated carbocycles. The van der Waals surface area contributed by atoms with E-state index in [2.05, 4.69) is 41.4 Å². The maximum Gasteiger partial charge on any atom is 0.138 e. The molecule has 0 saturated heterocycles. The second kappa shape index (κ2) is 5.48. The summed E-state index contributed by atoms with van der Waals surface area (Å²) in [6, 6.07) is 8.20. The minimum Gasteiger partial charge on any atom is -0.385 e. The van der Waals surface area contributed by atoms with Crippen LogP contribution >= 0.6 is 0 Å². The quantitative estimate of drug-likeness (QED) is 0.858. The summed E-state index contributed by atoms with van der Waals surface area (Å²) < 4.78 is 1.75. The molecule has 0 bridgehead atoms. The van der Waals surface area contributed by atoms with Crippen LogP contribution in [0.1, 0.15) is 20.3 Å². The van der Waals surface area contributed by atoms with Gasteiger partial charge in [0.05, 0.1) is 5.69 Å². The van der Waals surface area contributed by atoms with E-state index in [0.29, 0.717) is 0 Å². The van der Waals surface area contributed by atoms with Crippen molar-refractivity contribution in [2.75, 3.05) is 11.9 Å². The Hall–Kier alpha value is -1.84. The number of nitrogens with zero attached hydrogens (tertiary/aromatic N) is 3. The van der Waals surface area contributed by atoms with Gasteiger partial charge in [-0.15, -0.1) is 0 Å². The molecule has 4 heteroatoms. The second-order valence-electron chi connectivity index (χ2n) is 4.50. The summed E-state index contributed by atoms with van der Waals surface area (Å²) in [5.41, 5.74) is 2.17. The summed E-state index contributed by atoms with van der Waals surface area (Å²) in [6.07, 6.45) is 4.42. The third-order valence-corrected chi connectivity index (χ3v) is 2.60. The van der Waals surface area contributed by atoms with Gasteiger partial charge in [-0.25, -0.2) is 9.67 Å². The number of rotatable bonds is 5. The van der Waals surface area contributed by atoms with E-state index < -0.39 is 0 Å². The van der Waals surface area contributed by atoms with Crippen LogP contribution in [0.25, 0.3) is 5.69 Å². The average Bonchev–Trinajstić information content (AvgIpc) is 2.83. The van der Waals surface area contributed by atoms with E-state index in [1.807, 2.05) is 12.1 Å². The Balaban J connectivity index is 1.94. The molecule has 2 aromatic rings. The summed E-state index contributed by atoms with van der Waals surface area (Å²) >= 11 is 0. The predicted octanol–water partition coefficient (Wildman–Crippen LogP) is 2.73. The number of anilines is 1. The van der Waals surface area contributed by atoms with Gasteiger partial charge in [0.15, 0.2) is 0 Å². The summed E-state index contributed by atoms with van der Waals surface area (Å²) in [5.74, 6) is 0.733. The molecule has 0 fully saturated rings. The monoisotopic (exact) mass is 230 g/mol. The molecule has 90 valence electrons. The Morgan fingerprint density at radius 3 is 2.59 bits per heavy atom. The molecule has 0 aliphatic heterocycles. The molecule has 2 rings (SSSR count). The van der Waals surface area contributed by atoms with Gasteiger partial charge >= 0.3 is 0 Å². The maximum atomic E-state index is 4.09. The highest BCUT2D eigenvalue weighted by Gasteiger charge is 1.98. The number of benzene rings is 1. The first-order valence-electron chi connectivity index (χ1n) is 5.94. The minimum absolute atomic E-state index is 0.733. The Bertz CT molecular complexity index is 431.